The van der Waals surface area contributed by atoms with E-state index in [0.717, 1.165) is 29.3 Å². The van der Waals surface area contributed by atoms with Crippen LogP contribution in [0.1, 0.15) is 18.4 Å². The summed E-state index contributed by atoms with van der Waals surface area (Å²) < 4.78 is 14.4. The van der Waals surface area contributed by atoms with Crippen molar-refractivity contribution in [2.45, 2.75) is 24.2 Å². The monoisotopic (exact) mass is 291 g/mol. The van der Waals surface area contributed by atoms with Gasteiger partial charge >= 0.3 is 0 Å². The fourth-order valence-electron chi connectivity index (χ4n) is 1.43. The Kier molecular flexibility index (Phi) is 5.64. The Morgan fingerprint density at radius 3 is 2.67 bits per heavy atom. The normalized spacial score (nSPS) is 10.7. The zero-order chi connectivity index (χ0) is 11.3. The molecule has 0 fully saturated rings. The third-order valence-corrected chi connectivity index (χ3v) is 3.89. The first-order chi connectivity index (χ1) is 7.19. The lowest BCUT2D eigenvalue weighted by molar-refractivity contribution is 0.596. The van der Waals surface area contributed by atoms with E-state index in [1.54, 1.807) is 6.07 Å². The molecule has 0 amide bonds. The van der Waals surface area contributed by atoms with Crippen LogP contribution >= 0.6 is 27.7 Å². The average molecular weight is 292 g/mol. The molecule has 1 aromatic rings. The van der Waals surface area contributed by atoms with Crippen molar-refractivity contribution in [2.75, 3.05) is 12.8 Å². The summed E-state index contributed by atoms with van der Waals surface area (Å²) in [5, 5.41) is 0. The molecule has 0 spiro atoms. The van der Waals surface area contributed by atoms with Crippen LogP contribution in [0.4, 0.5) is 4.39 Å². The number of benzene rings is 1. The van der Waals surface area contributed by atoms with Crippen LogP contribution in [-0.4, -0.2) is 12.8 Å². The van der Waals surface area contributed by atoms with Gasteiger partial charge in [-0.25, -0.2) is 4.39 Å². The van der Waals surface area contributed by atoms with Gasteiger partial charge in [-0.1, -0.05) is 0 Å². The van der Waals surface area contributed by atoms with E-state index in [4.69, 9.17) is 5.73 Å². The summed E-state index contributed by atoms with van der Waals surface area (Å²) in [6.07, 6.45) is 4.77. The maximum atomic E-state index is 13.5. The molecule has 15 heavy (non-hydrogen) atoms. The van der Waals surface area contributed by atoms with E-state index in [1.165, 1.54) is 11.8 Å². The molecule has 1 aromatic carbocycles. The molecule has 0 saturated carbocycles. The van der Waals surface area contributed by atoms with Crippen molar-refractivity contribution in [1.29, 1.82) is 0 Å². The SMILES string of the molecule is CSc1c(F)cc(CCCCN)cc1Br. The van der Waals surface area contributed by atoms with Crippen LogP contribution in [-0.2, 0) is 6.42 Å². The van der Waals surface area contributed by atoms with Gasteiger partial charge in [0.05, 0.1) is 4.90 Å². The molecule has 0 aliphatic rings. The minimum absolute atomic E-state index is 0.139. The maximum absolute atomic E-state index is 13.5. The Morgan fingerprint density at radius 1 is 1.40 bits per heavy atom. The molecule has 0 aliphatic heterocycles. The summed E-state index contributed by atoms with van der Waals surface area (Å²) in [6.45, 7) is 0.701. The highest BCUT2D eigenvalue weighted by atomic mass is 79.9. The van der Waals surface area contributed by atoms with Crippen molar-refractivity contribution >= 4 is 27.7 Å². The number of halogens is 2. The van der Waals surface area contributed by atoms with E-state index < -0.39 is 0 Å². The van der Waals surface area contributed by atoms with Crippen molar-refractivity contribution in [2.24, 2.45) is 5.73 Å². The van der Waals surface area contributed by atoms with Crippen molar-refractivity contribution in [3.63, 3.8) is 0 Å². The molecule has 1 rings (SSSR count). The van der Waals surface area contributed by atoms with Crippen LogP contribution in [0.25, 0.3) is 0 Å². The molecule has 4 heteroatoms. The number of nitrogens with two attached hydrogens (primary N) is 1. The standard InChI is InChI=1S/C11H15BrFNS/c1-15-11-9(12)6-8(7-10(11)13)4-2-3-5-14/h6-7H,2-5,14H2,1H3. The van der Waals surface area contributed by atoms with Gasteiger partial charge in [-0.2, -0.15) is 0 Å². The van der Waals surface area contributed by atoms with Gasteiger partial charge in [0, 0.05) is 4.47 Å². The molecular formula is C11H15BrFNS. The quantitative estimate of drug-likeness (QED) is 0.663. The van der Waals surface area contributed by atoms with E-state index in [0.29, 0.717) is 11.4 Å². The van der Waals surface area contributed by atoms with Gasteiger partial charge < -0.3 is 5.73 Å². The van der Waals surface area contributed by atoms with Gasteiger partial charge in [-0.15, -0.1) is 11.8 Å². The predicted octanol–water partition coefficient (Wildman–Crippen LogP) is 3.59. The highest BCUT2D eigenvalue weighted by molar-refractivity contribution is 9.10. The zero-order valence-electron chi connectivity index (χ0n) is 8.72. The Bertz CT molecular complexity index is 307. The topological polar surface area (TPSA) is 26.0 Å². The van der Waals surface area contributed by atoms with Crippen LogP contribution in [0.2, 0.25) is 0 Å². The molecular weight excluding hydrogens is 277 g/mol. The van der Waals surface area contributed by atoms with Crippen molar-refractivity contribution in [3.8, 4) is 0 Å². The minimum Gasteiger partial charge on any atom is -0.330 e. The second kappa shape index (κ2) is 6.51. The number of hydrogen-bond acceptors (Lipinski definition) is 2. The van der Waals surface area contributed by atoms with Crippen molar-refractivity contribution < 1.29 is 4.39 Å². The number of thioether (sulfide) groups is 1. The second-order valence-corrected chi connectivity index (χ2v) is 5.01. The molecule has 0 radical (unpaired) electrons. The van der Waals surface area contributed by atoms with E-state index in [9.17, 15) is 4.39 Å². The predicted molar refractivity (Wildman–Crippen MR) is 67.9 cm³/mol. The molecule has 0 saturated heterocycles. The fourth-order valence-corrected chi connectivity index (χ4v) is 2.90. The Morgan fingerprint density at radius 2 is 2.13 bits per heavy atom. The molecule has 2 N–H and O–H groups in total. The van der Waals surface area contributed by atoms with E-state index in [-0.39, 0.29) is 5.82 Å². The first-order valence-corrected chi connectivity index (χ1v) is 6.92. The lowest BCUT2D eigenvalue weighted by Crippen LogP contribution is -1.99. The number of rotatable bonds is 5. The Balaban J connectivity index is 2.75. The van der Waals surface area contributed by atoms with Gasteiger partial charge in [0.2, 0.25) is 0 Å². The van der Waals surface area contributed by atoms with E-state index in [1.807, 2.05) is 12.3 Å². The van der Waals surface area contributed by atoms with E-state index in [2.05, 4.69) is 15.9 Å². The molecule has 0 atom stereocenters. The van der Waals surface area contributed by atoms with Crippen LogP contribution in [0.5, 0.6) is 0 Å². The third kappa shape index (κ3) is 3.78. The van der Waals surface area contributed by atoms with Gasteiger partial charge in [0.25, 0.3) is 0 Å². The Hall–Kier alpha value is -0.0600. The molecule has 1 nitrogen and oxygen atoms in total. The van der Waals surface area contributed by atoms with Gasteiger partial charge in [-0.05, 0) is 65.7 Å². The first kappa shape index (κ1) is 13.0. The maximum Gasteiger partial charge on any atom is 0.138 e. The Labute approximate surface area is 103 Å². The highest BCUT2D eigenvalue weighted by Crippen LogP contribution is 2.30. The van der Waals surface area contributed by atoms with Gasteiger partial charge in [-0.3, -0.25) is 0 Å². The minimum atomic E-state index is -0.139. The smallest absolute Gasteiger partial charge is 0.138 e. The molecule has 0 aromatic heterocycles. The van der Waals surface area contributed by atoms with Crippen LogP contribution < -0.4 is 5.73 Å². The van der Waals surface area contributed by atoms with Crippen LogP contribution in [0.15, 0.2) is 21.5 Å². The summed E-state index contributed by atoms with van der Waals surface area (Å²) in [4.78, 5) is 0.678. The lowest BCUT2D eigenvalue weighted by atomic mass is 10.1. The third-order valence-electron chi connectivity index (χ3n) is 2.18. The molecule has 0 heterocycles. The second-order valence-electron chi connectivity index (χ2n) is 3.34. The highest BCUT2D eigenvalue weighted by Gasteiger charge is 2.07. The van der Waals surface area contributed by atoms with E-state index >= 15 is 0 Å². The molecule has 0 unspecified atom stereocenters. The first-order valence-electron chi connectivity index (χ1n) is 4.91. The number of hydrogen-bond donors (Lipinski definition) is 1. The molecule has 0 aliphatic carbocycles. The largest absolute Gasteiger partial charge is 0.330 e. The average Bonchev–Trinajstić information content (AvgIpc) is 2.18. The van der Waals surface area contributed by atoms with Crippen LogP contribution in [0, 0.1) is 5.82 Å². The number of aryl methyl sites for hydroxylation is 1. The van der Waals surface area contributed by atoms with Crippen LogP contribution in [0.3, 0.4) is 0 Å². The van der Waals surface area contributed by atoms with Gasteiger partial charge in [0.15, 0.2) is 0 Å². The molecule has 0 bridgehead atoms. The summed E-state index contributed by atoms with van der Waals surface area (Å²) >= 11 is 4.80. The van der Waals surface area contributed by atoms with Crippen molar-refractivity contribution in [1.82, 2.24) is 0 Å². The number of unbranched alkanes of at least 4 members (excludes halogenated alkanes) is 1. The molecule has 84 valence electrons. The lowest BCUT2D eigenvalue weighted by Gasteiger charge is -2.06. The summed E-state index contributed by atoms with van der Waals surface area (Å²) in [5.41, 5.74) is 6.44. The fraction of sp³-hybridized carbons (Fsp3) is 0.455. The van der Waals surface area contributed by atoms with Gasteiger partial charge in [0.1, 0.15) is 5.82 Å². The zero-order valence-corrected chi connectivity index (χ0v) is 11.1. The summed E-state index contributed by atoms with van der Waals surface area (Å²) in [7, 11) is 0. The summed E-state index contributed by atoms with van der Waals surface area (Å²) in [5.74, 6) is -0.139. The summed E-state index contributed by atoms with van der Waals surface area (Å²) in [6, 6.07) is 3.61. The van der Waals surface area contributed by atoms with Crippen molar-refractivity contribution in [3.05, 3.63) is 28.0 Å².